The number of nitrogens with one attached hydrogen (secondary N) is 1. The second kappa shape index (κ2) is 9.02. The van der Waals surface area contributed by atoms with Crippen molar-refractivity contribution in [1.29, 1.82) is 0 Å². The van der Waals surface area contributed by atoms with E-state index in [2.05, 4.69) is 20.2 Å². The van der Waals surface area contributed by atoms with E-state index in [1.54, 1.807) is 22.0 Å². The van der Waals surface area contributed by atoms with Gasteiger partial charge in [-0.1, -0.05) is 11.3 Å². The quantitative estimate of drug-likeness (QED) is 0.579. The van der Waals surface area contributed by atoms with Gasteiger partial charge in [0.2, 0.25) is 5.91 Å². The molecule has 1 fully saturated rings. The predicted molar refractivity (Wildman–Crippen MR) is 124 cm³/mol. The lowest BCUT2D eigenvalue weighted by Crippen LogP contribution is -2.36. The number of likely N-dealkylation sites (N-methyl/N-ethyl adjacent to an activating group) is 1. The van der Waals surface area contributed by atoms with Crippen LogP contribution in [0.2, 0.25) is 0 Å². The fraction of sp³-hybridized carbons (Fsp3) is 0.417. The summed E-state index contributed by atoms with van der Waals surface area (Å²) in [5, 5.41) is 17.7. The molecule has 9 nitrogen and oxygen atoms in total. The van der Waals surface area contributed by atoms with Crippen LogP contribution in [-0.2, 0) is 11.3 Å². The summed E-state index contributed by atoms with van der Waals surface area (Å²) in [7, 11) is 2.05. The summed E-state index contributed by atoms with van der Waals surface area (Å²) in [4.78, 5) is 31.2. The van der Waals surface area contributed by atoms with Gasteiger partial charge in [-0.25, -0.2) is 9.18 Å². The van der Waals surface area contributed by atoms with Crippen LogP contribution < -0.4 is 0 Å². The molecule has 2 aromatic heterocycles. The molecule has 0 bridgehead atoms. The van der Waals surface area contributed by atoms with Crippen molar-refractivity contribution < 1.29 is 19.1 Å². The molecule has 4 heterocycles. The Hall–Kier alpha value is -3.53. The first kappa shape index (κ1) is 22.3. The number of fused-ring (bicyclic) bond motifs is 1. The van der Waals surface area contributed by atoms with Gasteiger partial charge in [0.1, 0.15) is 5.69 Å². The van der Waals surface area contributed by atoms with Gasteiger partial charge in [0, 0.05) is 43.2 Å². The second-order valence-corrected chi connectivity index (χ2v) is 9.10. The van der Waals surface area contributed by atoms with Crippen LogP contribution in [0.15, 0.2) is 30.6 Å². The van der Waals surface area contributed by atoms with Crippen LogP contribution in [0.25, 0.3) is 16.5 Å². The zero-order valence-electron chi connectivity index (χ0n) is 19.0. The number of benzene rings is 1. The van der Waals surface area contributed by atoms with E-state index in [-0.39, 0.29) is 29.5 Å². The van der Waals surface area contributed by atoms with Crippen molar-refractivity contribution in [2.45, 2.75) is 31.7 Å². The molecule has 1 atom stereocenters. The molecule has 2 aliphatic rings. The van der Waals surface area contributed by atoms with Crippen molar-refractivity contribution in [2.24, 2.45) is 0 Å². The summed E-state index contributed by atoms with van der Waals surface area (Å²) >= 11 is 0. The number of carboxylic acids is 1. The van der Waals surface area contributed by atoms with E-state index in [0.29, 0.717) is 37.0 Å². The van der Waals surface area contributed by atoms with E-state index < -0.39 is 11.8 Å². The average Bonchev–Trinajstić information content (AvgIpc) is 3.59. The molecule has 2 aliphatic heterocycles. The smallest absolute Gasteiger partial charge is 0.352 e. The molecule has 178 valence electrons. The Morgan fingerprint density at radius 3 is 2.85 bits per heavy atom. The topological polar surface area (TPSA) is 107 Å². The molecule has 0 unspecified atom stereocenters. The average molecular weight is 467 g/mol. The summed E-state index contributed by atoms with van der Waals surface area (Å²) in [6.45, 7) is 3.10. The maximum atomic E-state index is 15.7. The first-order chi connectivity index (χ1) is 16.4. The fourth-order valence-electron chi connectivity index (χ4n) is 5.03. The van der Waals surface area contributed by atoms with Gasteiger partial charge < -0.3 is 19.9 Å². The molecular weight excluding hydrogens is 439 g/mol. The highest BCUT2D eigenvalue weighted by atomic mass is 19.1. The summed E-state index contributed by atoms with van der Waals surface area (Å²) < 4.78 is 17.4. The number of aromatic nitrogens is 4. The van der Waals surface area contributed by atoms with Gasteiger partial charge >= 0.3 is 5.97 Å². The summed E-state index contributed by atoms with van der Waals surface area (Å²) in [6.07, 6.45) is 7.11. The van der Waals surface area contributed by atoms with Crippen molar-refractivity contribution in [3.05, 3.63) is 53.2 Å². The summed E-state index contributed by atoms with van der Waals surface area (Å²) in [5.74, 6) is -1.42. The van der Waals surface area contributed by atoms with Crippen LogP contribution in [0.1, 0.15) is 46.8 Å². The van der Waals surface area contributed by atoms with Crippen LogP contribution in [0.5, 0.6) is 0 Å². The Morgan fingerprint density at radius 1 is 1.29 bits per heavy atom. The van der Waals surface area contributed by atoms with E-state index in [0.717, 1.165) is 30.6 Å². The van der Waals surface area contributed by atoms with E-state index in [4.69, 9.17) is 0 Å². The minimum atomic E-state index is -1.12. The van der Waals surface area contributed by atoms with Crippen molar-refractivity contribution in [3.63, 3.8) is 0 Å². The molecule has 34 heavy (non-hydrogen) atoms. The van der Waals surface area contributed by atoms with Crippen LogP contribution in [0.3, 0.4) is 0 Å². The van der Waals surface area contributed by atoms with Crippen molar-refractivity contribution >= 4 is 28.4 Å². The van der Waals surface area contributed by atoms with E-state index in [1.165, 1.54) is 6.07 Å². The molecule has 0 saturated carbocycles. The normalized spacial score (nSPS) is 19.1. The molecule has 2 N–H and O–H groups in total. The molecule has 10 heteroatoms. The standard InChI is InChI=1S/C24H27FN6O3/c1-29-8-4-16(13-29)17-11-18(22(25)23-19(17)12-20(27-23)24(33)34)15-3-2-7-30(14-15)21(32)5-9-31-10-6-26-28-31/h3,6,10-12,16,27H,2,4-5,7-9,13-14H2,1H3,(H,33,34)/t16-/m0/s1. The number of hydrogen-bond donors (Lipinski definition) is 2. The molecule has 0 radical (unpaired) electrons. The van der Waals surface area contributed by atoms with E-state index in [1.807, 2.05) is 19.2 Å². The lowest BCUT2D eigenvalue weighted by Gasteiger charge is -2.28. The molecule has 3 aromatic rings. The number of H-pyrrole nitrogens is 1. The number of nitrogens with zero attached hydrogens (tertiary/aromatic N) is 5. The minimum absolute atomic E-state index is 0.0201. The molecule has 1 amide bonds. The SMILES string of the molecule is CN1CC[C@H](c2cc(C3=CCCN(C(=O)CCn4ccnn4)C3)c(F)c3[nH]c(C(=O)O)cc23)C1. The van der Waals surface area contributed by atoms with Crippen LogP contribution in [-0.4, -0.2) is 80.0 Å². The van der Waals surface area contributed by atoms with Crippen molar-refractivity contribution in [1.82, 2.24) is 29.8 Å². The maximum Gasteiger partial charge on any atom is 0.352 e. The first-order valence-corrected chi connectivity index (χ1v) is 11.5. The number of aryl methyl sites for hydroxylation is 1. The summed E-state index contributed by atoms with van der Waals surface area (Å²) in [5.41, 5.74) is 2.33. The first-order valence-electron chi connectivity index (χ1n) is 11.5. The third-order valence-corrected chi connectivity index (χ3v) is 6.82. The number of aromatic amines is 1. The lowest BCUT2D eigenvalue weighted by molar-refractivity contribution is -0.131. The highest BCUT2D eigenvalue weighted by Crippen LogP contribution is 2.37. The Bertz CT molecular complexity index is 1270. The Labute approximate surface area is 195 Å². The number of carbonyl (C=O) groups is 2. The number of aromatic carboxylic acids is 1. The van der Waals surface area contributed by atoms with Gasteiger partial charge in [-0.3, -0.25) is 9.48 Å². The minimum Gasteiger partial charge on any atom is -0.477 e. The largest absolute Gasteiger partial charge is 0.477 e. The fourth-order valence-corrected chi connectivity index (χ4v) is 5.03. The second-order valence-electron chi connectivity index (χ2n) is 9.10. The van der Waals surface area contributed by atoms with Crippen molar-refractivity contribution in [3.8, 4) is 0 Å². The monoisotopic (exact) mass is 466 g/mol. The molecule has 1 saturated heterocycles. The zero-order valence-corrected chi connectivity index (χ0v) is 19.0. The Kier molecular flexibility index (Phi) is 5.91. The third-order valence-electron chi connectivity index (χ3n) is 6.82. The maximum absolute atomic E-state index is 15.7. The third kappa shape index (κ3) is 4.21. The highest BCUT2D eigenvalue weighted by Gasteiger charge is 2.28. The molecule has 0 aliphatic carbocycles. The number of rotatable bonds is 6. The number of carbonyl (C=O) groups excluding carboxylic acids is 1. The molecule has 0 spiro atoms. The van der Waals surface area contributed by atoms with Gasteiger partial charge in [-0.2, -0.15) is 0 Å². The molecule has 1 aromatic carbocycles. The van der Waals surface area contributed by atoms with Gasteiger partial charge in [0.15, 0.2) is 5.82 Å². The van der Waals surface area contributed by atoms with Crippen LogP contribution in [0, 0.1) is 5.82 Å². The number of hydrogen-bond acceptors (Lipinski definition) is 5. The number of amides is 1. The molecular formula is C24H27FN6O3. The number of likely N-dealkylation sites (tertiary alicyclic amines) is 1. The van der Waals surface area contributed by atoms with Gasteiger partial charge in [-0.15, -0.1) is 5.10 Å². The zero-order chi connectivity index (χ0) is 23.8. The Balaban J connectivity index is 1.46. The summed E-state index contributed by atoms with van der Waals surface area (Å²) in [6, 6.07) is 3.41. The van der Waals surface area contributed by atoms with Crippen LogP contribution in [0.4, 0.5) is 4.39 Å². The van der Waals surface area contributed by atoms with Crippen molar-refractivity contribution in [2.75, 3.05) is 33.2 Å². The number of carboxylic acid groups (broad SMARTS) is 1. The van der Waals surface area contributed by atoms with E-state index >= 15 is 4.39 Å². The number of halogens is 1. The van der Waals surface area contributed by atoms with Gasteiger partial charge in [-0.05, 0) is 55.6 Å². The van der Waals surface area contributed by atoms with Gasteiger partial charge in [0.05, 0.1) is 18.3 Å². The lowest BCUT2D eigenvalue weighted by atomic mass is 9.89. The van der Waals surface area contributed by atoms with Gasteiger partial charge in [0.25, 0.3) is 0 Å². The predicted octanol–water partition coefficient (Wildman–Crippen LogP) is 2.72. The molecule has 5 rings (SSSR count). The van der Waals surface area contributed by atoms with E-state index in [9.17, 15) is 14.7 Å². The highest BCUT2D eigenvalue weighted by molar-refractivity contribution is 5.97. The van der Waals surface area contributed by atoms with Crippen LogP contribution >= 0.6 is 0 Å². The Morgan fingerprint density at radius 2 is 2.15 bits per heavy atom.